The average Bonchev–Trinajstić information content (AvgIpc) is 2.42. The zero-order valence-corrected chi connectivity index (χ0v) is 10.5. The molecular weight excluding hydrogens is 228 g/mol. The number of aromatic nitrogens is 1. The molecule has 0 unspecified atom stereocenters. The van der Waals surface area contributed by atoms with E-state index in [-0.39, 0.29) is 12.5 Å². The highest BCUT2D eigenvalue weighted by Crippen LogP contribution is 2.21. The summed E-state index contributed by atoms with van der Waals surface area (Å²) in [4.78, 5) is 15.3. The molecule has 5 heteroatoms. The van der Waals surface area contributed by atoms with Crippen LogP contribution in [-0.2, 0) is 4.79 Å². The van der Waals surface area contributed by atoms with Gasteiger partial charge in [-0.15, -0.1) is 0 Å². The molecular formula is C13H20N4O. The molecule has 0 aromatic carbocycles. The van der Waals surface area contributed by atoms with Crippen LogP contribution >= 0.6 is 0 Å². The Hall–Kier alpha value is -1.62. The number of nitrogens with one attached hydrogen (secondary N) is 2. The molecule has 1 aliphatic carbocycles. The molecule has 1 aromatic rings. The van der Waals surface area contributed by atoms with Crippen molar-refractivity contribution in [1.82, 2.24) is 4.98 Å². The third kappa shape index (κ3) is 3.70. The van der Waals surface area contributed by atoms with E-state index in [2.05, 4.69) is 15.6 Å². The van der Waals surface area contributed by atoms with E-state index < -0.39 is 0 Å². The number of rotatable bonds is 4. The zero-order chi connectivity index (χ0) is 12.8. The molecule has 1 aliphatic rings. The van der Waals surface area contributed by atoms with Crippen LogP contribution in [0, 0.1) is 0 Å². The maximum absolute atomic E-state index is 11.1. The van der Waals surface area contributed by atoms with E-state index in [4.69, 9.17) is 5.73 Å². The Bertz CT molecular complexity index is 384. The van der Waals surface area contributed by atoms with Gasteiger partial charge in [0.05, 0.1) is 18.4 Å². The first kappa shape index (κ1) is 12.8. The molecule has 1 heterocycles. The second kappa shape index (κ2) is 6.35. The Kier molecular flexibility index (Phi) is 4.52. The summed E-state index contributed by atoms with van der Waals surface area (Å²) in [6, 6.07) is 4.29. The Morgan fingerprint density at radius 3 is 2.72 bits per heavy atom. The van der Waals surface area contributed by atoms with E-state index in [1.165, 1.54) is 32.1 Å². The van der Waals surface area contributed by atoms with Gasteiger partial charge in [0.1, 0.15) is 5.82 Å². The van der Waals surface area contributed by atoms with Gasteiger partial charge in [-0.2, -0.15) is 0 Å². The fourth-order valence-corrected chi connectivity index (χ4v) is 2.23. The number of anilines is 2. The van der Waals surface area contributed by atoms with E-state index in [1.54, 1.807) is 12.3 Å². The van der Waals surface area contributed by atoms with Crippen LogP contribution in [0.15, 0.2) is 18.3 Å². The molecule has 1 amide bonds. The standard InChI is InChI=1S/C13H20N4O/c14-8-13(18)17-12-7-6-11(9-15-12)16-10-4-2-1-3-5-10/h6-7,9-10,16H,1-5,8,14H2,(H,15,17,18). The zero-order valence-electron chi connectivity index (χ0n) is 10.5. The maximum Gasteiger partial charge on any atom is 0.239 e. The normalized spacial score (nSPS) is 16.3. The lowest BCUT2D eigenvalue weighted by Crippen LogP contribution is -2.23. The van der Waals surface area contributed by atoms with Crippen molar-refractivity contribution in [3.8, 4) is 0 Å². The first-order valence-electron chi connectivity index (χ1n) is 6.50. The van der Waals surface area contributed by atoms with Crippen LogP contribution in [0.1, 0.15) is 32.1 Å². The van der Waals surface area contributed by atoms with Gasteiger partial charge in [0.25, 0.3) is 0 Å². The number of hydrogen-bond donors (Lipinski definition) is 3. The molecule has 0 aliphatic heterocycles. The number of nitrogens with two attached hydrogens (primary N) is 1. The minimum Gasteiger partial charge on any atom is -0.381 e. The van der Waals surface area contributed by atoms with Crippen LogP contribution in [0.4, 0.5) is 11.5 Å². The van der Waals surface area contributed by atoms with Crippen molar-refractivity contribution >= 4 is 17.4 Å². The van der Waals surface area contributed by atoms with Crippen LogP contribution < -0.4 is 16.4 Å². The molecule has 0 atom stereocenters. The molecule has 0 bridgehead atoms. The van der Waals surface area contributed by atoms with Crippen molar-refractivity contribution in [2.45, 2.75) is 38.1 Å². The number of carbonyl (C=O) groups is 1. The quantitative estimate of drug-likeness (QED) is 0.758. The summed E-state index contributed by atoms with van der Waals surface area (Å²) in [6.07, 6.45) is 8.16. The third-order valence-electron chi connectivity index (χ3n) is 3.19. The lowest BCUT2D eigenvalue weighted by Gasteiger charge is -2.23. The van der Waals surface area contributed by atoms with Crippen molar-refractivity contribution in [1.29, 1.82) is 0 Å². The molecule has 18 heavy (non-hydrogen) atoms. The minimum atomic E-state index is -0.226. The largest absolute Gasteiger partial charge is 0.381 e. The van der Waals surface area contributed by atoms with Crippen LogP contribution in [0.5, 0.6) is 0 Å². The van der Waals surface area contributed by atoms with Gasteiger partial charge < -0.3 is 16.4 Å². The van der Waals surface area contributed by atoms with Crippen molar-refractivity contribution in [2.24, 2.45) is 5.73 Å². The average molecular weight is 248 g/mol. The molecule has 5 nitrogen and oxygen atoms in total. The summed E-state index contributed by atoms with van der Waals surface area (Å²) in [5, 5.41) is 6.10. The summed E-state index contributed by atoms with van der Waals surface area (Å²) in [5.74, 6) is 0.315. The summed E-state index contributed by atoms with van der Waals surface area (Å²) in [5.41, 5.74) is 6.23. The second-order valence-corrected chi connectivity index (χ2v) is 4.66. The fraction of sp³-hybridized carbons (Fsp3) is 0.538. The number of pyridine rings is 1. The summed E-state index contributed by atoms with van der Waals surface area (Å²) < 4.78 is 0. The van der Waals surface area contributed by atoms with Crippen molar-refractivity contribution in [3.05, 3.63) is 18.3 Å². The molecule has 1 saturated carbocycles. The lowest BCUT2D eigenvalue weighted by atomic mass is 9.95. The Labute approximate surface area is 107 Å². The van der Waals surface area contributed by atoms with Crippen molar-refractivity contribution < 1.29 is 4.79 Å². The smallest absolute Gasteiger partial charge is 0.239 e. The van der Waals surface area contributed by atoms with Crippen LogP contribution in [0.2, 0.25) is 0 Å². The second-order valence-electron chi connectivity index (χ2n) is 4.66. The highest BCUT2D eigenvalue weighted by atomic mass is 16.1. The first-order chi connectivity index (χ1) is 8.78. The predicted octanol–water partition coefficient (Wildman–Crippen LogP) is 1.72. The van der Waals surface area contributed by atoms with Crippen LogP contribution in [0.25, 0.3) is 0 Å². The highest BCUT2D eigenvalue weighted by molar-refractivity contribution is 5.91. The van der Waals surface area contributed by atoms with Crippen molar-refractivity contribution in [2.75, 3.05) is 17.2 Å². The lowest BCUT2D eigenvalue weighted by molar-refractivity contribution is -0.114. The van der Waals surface area contributed by atoms with Gasteiger partial charge in [-0.1, -0.05) is 19.3 Å². The molecule has 1 aromatic heterocycles. The highest BCUT2D eigenvalue weighted by Gasteiger charge is 2.12. The minimum absolute atomic E-state index is 0.0241. The number of carbonyl (C=O) groups excluding carboxylic acids is 1. The van der Waals surface area contributed by atoms with E-state index in [1.807, 2.05) is 6.07 Å². The fourth-order valence-electron chi connectivity index (χ4n) is 2.23. The Morgan fingerprint density at radius 2 is 2.11 bits per heavy atom. The number of nitrogens with zero attached hydrogens (tertiary/aromatic N) is 1. The van der Waals surface area contributed by atoms with Gasteiger partial charge >= 0.3 is 0 Å². The molecule has 98 valence electrons. The third-order valence-corrected chi connectivity index (χ3v) is 3.19. The number of hydrogen-bond acceptors (Lipinski definition) is 4. The SMILES string of the molecule is NCC(=O)Nc1ccc(NC2CCCCC2)cn1. The van der Waals surface area contributed by atoms with Gasteiger partial charge in [0.15, 0.2) is 0 Å². The van der Waals surface area contributed by atoms with E-state index in [0.29, 0.717) is 11.9 Å². The van der Waals surface area contributed by atoms with Crippen molar-refractivity contribution in [3.63, 3.8) is 0 Å². The summed E-state index contributed by atoms with van der Waals surface area (Å²) >= 11 is 0. The predicted molar refractivity (Wildman–Crippen MR) is 72.4 cm³/mol. The van der Waals surface area contributed by atoms with Gasteiger partial charge in [-0.3, -0.25) is 4.79 Å². The van der Waals surface area contributed by atoms with Gasteiger partial charge in [0, 0.05) is 6.04 Å². The van der Waals surface area contributed by atoms with E-state index in [0.717, 1.165) is 5.69 Å². The Morgan fingerprint density at radius 1 is 1.33 bits per heavy atom. The molecule has 4 N–H and O–H groups in total. The van der Waals surface area contributed by atoms with E-state index in [9.17, 15) is 4.79 Å². The molecule has 1 fully saturated rings. The molecule has 0 saturated heterocycles. The number of amides is 1. The monoisotopic (exact) mass is 248 g/mol. The topological polar surface area (TPSA) is 80.0 Å². The summed E-state index contributed by atoms with van der Waals surface area (Å²) in [6.45, 7) is -0.0241. The first-order valence-corrected chi connectivity index (χ1v) is 6.50. The molecule has 0 radical (unpaired) electrons. The van der Waals surface area contributed by atoms with E-state index >= 15 is 0 Å². The molecule has 2 rings (SSSR count). The van der Waals surface area contributed by atoms with Gasteiger partial charge in [0.2, 0.25) is 5.91 Å². The maximum atomic E-state index is 11.1. The summed E-state index contributed by atoms with van der Waals surface area (Å²) in [7, 11) is 0. The Balaban J connectivity index is 1.88. The van der Waals surface area contributed by atoms with Gasteiger partial charge in [-0.05, 0) is 25.0 Å². The molecule has 0 spiro atoms. The van der Waals surface area contributed by atoms with Gasteiger partial charge in [-0.25, -0.2) is 4.98 Å². The van der Waals surface area contributed by atoms with Crippen LogP contribution in [-0.4, -0.2) is 23.5 Å². The van der Waals surface area contributed by atoms with Crippen LogP contribution in [0.3, 0.4) is 0 Å².